The lowest BCUT2D eigenvalue weighted by atomic mass is 9.97. The molecule has 1 unspecified atom stereocenters. The van der Waals surface area contributed by atoms with Crippen molar-refractivity contribution in [1.29, 1.82) is 0 Å². The smallest absolute Gasteiger partial charge is 0.235 e. The van der Waals surface area contributed by atoms with E-state index in [-0.39, 0.29) is 11.7 Å². The minimum Gasteiger partial charge on any atom is -0.409 e. The van der Waals surface area contributed by atoms with E-state index in [0.717, 1.165) is 6.42 Å². The Kier molecular flexibility index (Phi) is 5.00. The molecule has 0 aromatic heterocycles. The first-order valence-corrected chi connectivity index (χ1v) is 5.50. The molecule has 0 saturated carbocycles. The predicted molar refractivity (Wildman–Crippen MR) is 65.9 cm³/mol. The van der Waals surface area contributed by atoms with Crippen LogP contribution in [0.3, 0.4) is 0 Å². The van der Waals surface area contributed by atoms with Gasteiger partial charge >= 0.3 is 0 Å². The number of carbonyl (C=O) groups is 1. The van der Waals surface area contributed by atoms with Gasteiger partial charge in [-0.15, -0.1) is 0 Å². The first-order chi connectivity index (χ1) is 8.20. The first kappa shape index (κ1) is 13.0. The van der Waals surface area contributed by atoms with Gasteiger partial charge in [-0.2, -0.15) is 0 Å². The molecule has 0 bridgehead atoms. The van der Waals surface area contributed by atoms with Gasteiger partial charge < -0.3 is 16.3 Å². The molecule has 0 aliphatic carbocycles. The molecular formula is C12H17N3O2. The number of amides is 1. The lowest BCUT2D eigenvalue weighted by Crippen LogP contribution is -2.37. The Morgan fingerprint density at radius 1 is 1.47 bits per heavy atom. The third-order valence-corrected chi connectivity index (χ3v) is 2.36. The third-order valence-electron chi connectivity index (χ3n) is 2.36. The molecule has 0 radical (unpaired) electrons. The molecule has 0 saturated heterocycles. The lowest BCUT2D eigenvalue weighted by Gasteiger charge is -2.15. The van der Waals surface area contributed by atoms with Crippen LogP contribution >= 0.6 is 0 Å². The summed E-state index contributed by atoms with van der Waals surface area (Å²) in [5.41, 5.74) is 6.27. The van der Waals surface area contributed by atoms with E-state index in [9.17, 15) is 4.79 Å². The molecule has 92 valence electrons. The quantitative estimate of drug-likeness (QED) is 0.308. The standard InChI is InChI=1S/C12H17N3O2/c1-2-8-14-12(16)10(11(13)15-17)9-6-4-3-5-7-9/h3-7,10,17H,2,8H2,1H3,(H2,13,15)(H,14,16). The molecule has 17 heavy (non-hydrogen) atoms. The first-order valence-electron chi connectivity index (χ1n) is 5.50. The van der Waals surface area contributed by atoms with Gasteiger partial charge in [-0.05, 0) is 12.0 Å². The van der Waals surface area contributed by atoms with E-state index in [1.165, 1.54) is 0 Å². The van der Waals surface area contributed by atoms with Crippen molar-refractivity contribution in [3.8, 4) is 0 Å². The highest BCUT2D eigenvalue weighted by molar-refractivity contribution is 6.07. The van der Waals surface area contributed by atoms with Crippen molar-refractivity contribution < 1.29 is 10.0 Å². The van der Waals surface area contributed by atoms with Crippen molar-refractivity contribution in [3.05, 3.63) is 35.9 Å². The second kappa shape index (κ2) is 6.52. The third kappa shape index (κ3) is 3.48. The highest BCUT2D eigenvalue weighted by atomic mass is 16.4. The second-order valence-electron chi connectivity index (χ2n) is 3.66. The average molecular weight is 235 g/mol. The SMILES string of the molecule is CCCNC(=O)C(C(N)=NO)c1ccccc1. The average Bonchev–Trinajstić information content (AvgIpc) is 2.37. The Labute approximate surface area is 100 Å². The Hall–Kier alpha value is -2.04. The van der Waals surface area contributed by atoms with Crippen LogP contribution in [0.1, 0.15) is 24.8 Å². The monoisotopic (exact) mass is 235 g/mol. The predicted octanol–water partition coefficient (Wildman–Crippen LogP) is 1.04. The summed E-state index contributed by atoms with van der Waals surface area (Å²) in [5, 5.41) is 14.4. The van der Waals surface area contributed by atoms with Gasteiger partial charge in [0.2, 0.25) is 5.91 Å². The summed E-state index contributed by atoms with van der Waals surface area (Å²) >= 11 is 0. The molecule has 1 aromatic rings. The normalized spacial score (nSPS) is 13.1. The summed E-state index contributed by atoms with van der Waals surface area (Å²) in [7, 11) is 0. The molecule has 5 heteroatoms. The van der Waals surface area contributed by atoms with E-state index in [1.54, 1.807) is 24.3 Å². The number of rotatable bonds is 5. The maximum absolute atomic E-state index is 11.9. The van der Waals surface area contributed by atoms with E-state index in [1.807, 2.05) is 13.0 Å². The fourth-order valence-electron chi connectivity index (χ4n) is 1.51. The molecule has 4 N–H and O–H groups in total. The van der Waals surface area contributed by atoms with Crippen LogP contribution in [-0.4, -0.2) is 23.5 Å². The summed E-state index contributed by atoms with van der Waals surface area (Å²) in [5.74, 6) is -1.11. The number of nitrogens with two attached hydrogens (primary N) is 1. The summed E-state index contributed by atoms with van der Waals surface area (Å²) in [6.07, 6.45) is 0.837. The van der Waals surface area contributed by atoms with E-state index in [0.29, 0.717) is 12.1 Å². The lowest BCUT2D eigenvalue weighted by molar-refractivity contribution is -0.121. The van der Waals surface area contributed by atoms with Gasteiger partial charge in [0, 0.05) is 6.54 Å². The van der Waals surface area contributed by atoms with E-state index < -0.39 is 5.92 Å². The summed E-state index contributed by atoms with van der Waals surface area (Å²) in [6, 6.07) is 9.00. The fourth-order valence-corrected chi connectivity index (χ4v) is 1.51. The number of amidine groups is 1. The zero-order valence-corrected chi connectivity index (χ0v) is 9.76. The van der Waals surface area contributed by atoms with Crippen molar-refractivity contribution in [2.45, 2.75) is 19.3 Å². The summed E-state index contributed by atoms with van der Waals surface area (Å²) in [4.78, 5) is 11.9. The molecule has 0 heterocycles. The van der Waals surface area contributed by atoms with Crippen molar-refractivity contribution in [1.82, 2.24) is 5.32 Å². The molecule has 1 rings (SSSR count). The molecule has 1 aromatic carbocycles. The topological polar surface area (TPSA) is 87.7 Å². The van der Waals surface area contributed by atoms with Crippen molar-refractivity contribution in [3.63, 3.8) is 0 Å². The molecule has 0 aliphatic heterocycles. The van der Waals surface area contributed by atoms with Gasteiger partial charge in [-0.25, -0.2) is 0 Å². The number of carbonyl (C=O) groups excluding carboxylic acids is 1. The number of benzene rings is 1. The van der Waals surface area contributed by atoms with Gasteiger partial charge in [0.1, 0.15) is 5.92 Å². The second-order valence-corrected chi connectivity index (χ2v) is 3.66. The van der Waals surface area contributed by atoms with Crippen molar-refractivity contribution in [2.75, 3.05) is 6.54 Å². The van der Waals surface area contributed by atoms with E-state index in [2.05, 4.69) is 10.5 Å². The maximum Gasteiger partial charge on any atom is 0.235 e. The number of nitrogens with zero attached hydrogens (tertiary/aromatic N) is 1. The Morgan fingerprint density at radius 3 is 2.65 bits per heavy atom. The van der Waals surface area contributed by atoms with Crippen molar-refractivity contribution in [2.24, 2.45) is 10.9 Å². The Bertz CT molecular complexity index is 390. The Balaban J connectivity index is 2.93. The molecule has 1 atom stereocenters. The van der Waals surface area contributed by atoms with Crippen LogP contribution in [0.5, 0.6) is 0 Å². The van der Waals surface area contributed by atoms with Gasteiger partial charge in [-0.3, -0.25) is 4.79 Å². The fraction of sp³-hybridized carbons (Fsp3) is 0.333. The van der Waals surface area contributed by atoms with Gasteiger partial charge in [-0.1, -0.05) is 42.4 Å². The zero-order chi connectivity index (χ0) is 12.7. The van der Waals surface area contributed by atoms with Crippen LogP contribution < -0.4 is 11.1 Å². The van der Waals surface area contributed by atoms with Crippen LogP contribution in [0.2, 0.25) is 0 Å². The highest BCUT2D eigenvalue weighted by Gasteiger charge is 2.24. The molecule has 5 nitrogen and oxygen atoms in total. The number of hydrogen-bond donors (Lipinski definition) is 3. The van der Waals surface area contributed by atoms with Crippen molar-refractivity contribution >= 4 is 11.7 Å². The van der Waals surface area contributed by atoms with E-state index >= 15 is 0 Å². The maximum atomic E-state index is 11.9. The molecule has 0 spiro atoms. The number of nitrogens with one attached hydrogen (secondary N) is 1. The van der Waals surface area contributed by atoms with Crippen LogP contribution in [0.15, 0.2) is 35.5 Å². The van der Waals surface area contributed by atoms with Gasteiger partial charge in [0.15, 0.2) is 5.84 Å². The summed E-state index contributed by atoms with van der Waals surface area (Å²) < 4.78 is 0. The molecule has 0 aliphatic rings. The molecule has 1 amide bonds. The minimum atomic E-state index is -0.743. The zero-order valence-electron chi connectivity index (χ0n) is 9.76. The Morgan fingerprint density at radius 2 is 2.12 bits per heavy atom. The molecular weight excluding hydrogens is 218 g/mol. The van der Waals surface area contributed by atoms with Gasteiger partial charge in [0.05, 0.1) is 0 Å². The van der Waals surface area contributed by atoms with Crippen LogP contribution in [0, 0.1) is 0 Å². The largest absolute Gasteiger partial charge is 0.409 e. The van der Waals surface area contributed by atoms with Crippen LogP contribution in [0.25, 0.3) is 0 Å². The minimum absolute atomic E-state index is 0.107. The number of hydrogen-bond acceptors (Lipinski definition) is 3. The van der Waals surface area contributed by atoms with E-state index in [4.69, 9.17) is 10.9 Å². The van der Waals surface area contributed by atoms with Gasteiger partial charge in [0.25, 0.3) is 0 Å². The van der Waals surface area contributed by atoms with Crippen LogP contribution in [0.4, 0.5) is 0 Å². The molecule has 0 fully saturated rings. The number of oxime groups is 1. The van der Waals surface area contributed by atoms with Crippen LogP contribution in [-0.2, 0) is 4.79 Å². The summed E-state index contributed by atoms with van der Waals surface area (Å²) in [6.45, 7) is 2.53. The highest BCUT2D eigenvalue weighted by Crippen LogP contribution is 2.15.